The fourth-order valence-corrected chi connectivity index (χ4v) is 3.59. The Morgan fingerprint density at radius 1 is 1.21 bits per heavy atom. The zero-order valence-electron chi connectivity index (χ0n) is 13.1. The highest BCUT2D eigenvalue weighted by molar-refractivity contribution is 14.1. The Morgan fingerprint density at radius 2 is 1.83 bits per heavy atom. The van der Waals surface area contributed by atoms with E-state index in [-0.39, 0.29) is 11.4 Å². The van der Waals surface area contributed by atoms with Gasteiger partial charge in [0.15, 0.2) is 0 Å². The van der Waals surface area contributed by atoms with Crippen molar-refractivity contribution in [2.75, 3.05) is 18.9 Å². The molecule has 0 aliphatic rings. The minimum absolute atomic E-state index is 0.0657. The van der Waals surface area contributed by atoms with E-state index >= 15 is 0 Å². The van der Waals surface area contributed by atoms with Crippen LogP contribution in [0, 0.1) is 16.3 Å². The summed E-state index contributed by atoms with van der Waals surface area (Å²) in [6.45, 7) is 1.61. The van der Waals surface area contributed by atoms with Crippen LogP contribution in [0.4, 0.5) is 10.1 Å². The Hall–Kier alpha value is -1.52. The molecule has 1 amide bonds. The summed E-state index contributed by atoms with van der Waals surface area (Å²) in [6, 6.07) is 9.90. The first-order valence-corrected chi connectivity index (χ1v) is 9.50. The Labute approximate surface area is 154 Å². The van der Waals surface area contributed by atoms with Crippen LogP contribution in [0.2, 0.25) is 0 Å². The van der Waals surface area contributed by atoms with Gasteiger partial charge in [-0.2, -0.15) is 4.31 Å². The summed E-state index contributed by atoms with van der Waals surface area (Å²) in [4.78, 5) is 12.0. The summed E-state index contributed by atoms with van der Waals surface area (Å²) in [5.74, 6) is -0.980. The molecule has 0 aromatic heterocycles. The molecule has 8 heteroatoms. The number of carbonyl (C=O) groups is 1. The van der Waals surface area contributed by atoms with Gasteiger partial charge in [-0.15, -0.1) is 0 Å². The Bertz CT molecular complexity index is 854. The molecular weight excluding hydrogens is 446 g/mol. The lowest BCUT2D eigenvalue weighted by Gasteiger charge is -2.17. The summed E-state index contributed by atoms with van der Waals surface area (Å²) in [5, 5.41) is 2.66. The lowest BCUT2D eigenvalue weighted by molar-refractivity contribution is -0.116. The van der Waals surface area contributed by atoms with Gasteiger partial charge in [-0.25, -0.2) is 12.8 Å². The Balaban J connectivity index is 2.07. The van der Waals surface area contributed by atoms with Crippen molar-refractivity contribution < 1.29 is 17.6 Å². The van der Waals surface area contributed by atoms with Gasteiger partial charge in [-0.05, 0) is 71.5 Å². The van der Waals surface area contributed by atoms with E-state index in [0.717, 1.165) is 25.6 Å². The number of hydrogen-bond acceptors (Lipinski definition) is 3. The van der Waals surface area contributed by atoms with Crippen LogP contribution in [0.5, 0.6) is 0 Å². The van der Waals surface area contributed by atoms with Crippen molar-refractivity contribution >= 4 is 44.2 Å². The maximum atomic E-state index is 12.9. The molecular formula is C16H16FIN2O3S. The summed E-state index contributed by atoms with van der Waals surface area (Å²) in [5.41, 5.74) is 1.69. The summed E-state index contributed by atoms with van der Waals surface area (Å²) >= 11 is 2.16. The van der Waals surface area contributed by atoms with E-state index in [0.29, 0.717) is 5.69 Å². The fourth-order valence-electron chi connectivity index (χ4n) is 1.94. The predicted octanol–water partition coefficient (Wildman–Crippen LogP) is 3.00. The van der Waals surface area contributed by atoms with E-state index < -0.39 is 21.7 Å². The third kappa shape index (κ3) is 4.52. The fraction of sp³-hybridized carbons (Fsp3) is 0.188. The molecule has 0 bridgehead atoms. The highest BCUT2D eigenvalue weighted by Gasteiger charge is 2.23. The molecule has 0 heterocycles. The van der Waals surface area contributed by atoms with Gasteiger partial charge in [0.2, 0.25) is 15.9 Å². The van der Waals surface area contributed by atoms with Crippen molar-refractivity contribution in [1.82, 2.24) is 4.31 Å². The second-order valence-electron chi connectivity index (χ2n) is 5.23. The van der Waals surface area contributed by atoms with Crippen LogP contribution in [0.3, 0.4) is 0 Å². The van der Waals surface area contributed by atoms with E-state index in [1.165, 1.54) is 19.2 Å². The summed E-state index contributed by atoms with van der Waals surface area (Å²) in [7, 11) is -2.55. The molecule has 0 atom stereocenters. The molecule has 0 fully saturated rings. The monoisotopic (exact) mass is 462 g/mol. The molecule has 1 N–H and O–H groups in total. The molecule has 0 aliphatic heterocycles. The predicted molar refractivity (Wildman–Crippen MR) is 98.7 cm³/mol. The molecule has 0 aliphatic carbocycles. The van der Waals surface area contributed by atoms with Crippen LogP contribution >= 0.6 is 22.6 Å². The van der Waals surface area contributed by atoms with Crippen molar-refractivity contribution in [3.63, 3.8) is 0 Å². The van der Waals surface area contributed by atoms with Crippen molar-refractivity contribution in [1.29, 1.82) is 0 Å². The molecule has 0 radical (unpaired) electrons. The first-order valence-electron chi connectivity index (χ1n) is 6.98. The Morgan fingerprint density at radius 3 is 2.42 bits per heavy atom. The quantitative estimate of drug-likeness (QED) is 0.696. The van der Waals surface area contributed by atoms with Crippen molar-refractivity contribution in [2.45, 2.75) is 11.8 Å². The molecule has 0 spiro atoms. The zero-order chi connectivity index (χ0) is 17.9. The normalized spacial score (nSPS) is 11.5. The van der Waals surface area contributed by atoms with E-state index in [4.69, 9.17) is 0 Å². The third-order valence-corrected chi connectivity index (χ3v) is 6.32. The molecule has 2 aromatic carbocycles. The second kappa shape index (κ2) is 7.58. The number of carbonyl (C=O) groups excluding carboxylic acids is 1. The second-order valence-corrected chi connectivity index (χ2v) is 8.43. The first kappa shape index (κ1) is 18.8. The van der Waals surface area contributed by atoms with Crippen LogP contribution in [0.25, 0.3) is 0 Å². The van der Waals surface area contributed by atoms with Crippen molar-refractivity contribution in [2.24, 2.45) is 0 Å². The van der Waals surface area contributed by atoms with Crippen molar-refractivity contribution in [3.8, 4) is 0 Å². The topological polar surface area (TPSA) is 66.5 Å². The SMILES string of the molecule is Cc1ccc(NC(=O)CN(C)S(=O)(=O)c2ccc(F)cc2)cc1I. The average Bonchev–Trinajstić information content (AvgIpc) is 2.51. The number of halogens is 2. The van der Waals surface area contributed by atoms with Crippen LogP contribution in [0.15, 0.2) is 47.4 Å². The Kier molecular flexibility index (Phi) is 5.94. The lowest BCUT2D eigenvalue weighted by Crippen LogP contribution is -2.35. The number of sulfonamides is 1. The number of nitrogens with one attached hydrogen (secondary N) is 1. The van der Waals surface area contributed by atoms with E-state index in [1.54, 1.807) is 6.07 Å². The molecule has 2 aromatic rings. The number of anilines is 1. The van der Waals surface area contributed by atoms with E-state index in [1.807, 2.05) is 19.1 Å². The molecule has 0 saturated heterocycles. The van der Waals surface area contributed by atoms with Crippen LogP contribution in [-0.4, -0.2) is 32.2 Å². The van der Waals surface area contributed by atoms with Crippen molar-refractivity contribution in [3.05, 3.63) is 57.4 Å². The zero-order valence-corrected chi connectivity index (χ0v) is 16.1. The molecule has 0 saturated carbocycles. The number of aryl methyl sites for hydroxylation is 1. The minimum Gasteiger partial charge on any atom is -0.325 e. The maximum absolute atomic E-state index is 12.9. The molecule has 24 heavy (non-hydrogen) atoms. The van der Waals surface area contributed by atoms with Gasteiger partial charge in [-0.1, -0.05) is 6.07 Å². The third-order valence-electron chi connectivity index (χ3n) is 3.34. The molecule has 5 nitrogen and oxygen atoms in total. The van der Waals surface area contributed by atoms with Gasteiger partial charge in [-0.3, -0.25) is 4.79 Å². The first-order chi connectivity index (χ1) is 11.2. The highest BCUT2D eigenvalue weighted by atomic mass is 127. The maximum Gasteiger partial charge on any atom is 0.243 e. The van der Waals surface area contributed by atoms with Gasteiger partial charge < -0.3 is 5.32 Å². The smallest absolute Gasteiger partial charge is 0.243 e. The van der Waals surface area contributed by atoms with Gasteiger partial charge in [0, 0.05) is 16.3 Å². The summed E-state index contributed by atoms with van der Waals surface area (Å²) < 4.78 is 39.5. The number of amides is 1. The largest absolute Gasteiger partial charge is 0.325 e. The van der Waals surface area contributed by atoms with Gasteiger partial charge >= 0.3 is 0 Å². The number of hydrogen-bond donors (Lipinski definition) is 1. The number of nitrogens with zero attached hydrogens (tertiary/aromatic N) is 1. The highest BCUT2D eigenvalue weighted by Crippen LogP contribution is 2.18. The minimum atomic E-state index is -3.85. The summed E-state index contributed by atoms with van der Waals surface area (Å²) in [6.07, 6.45) is 0. The standard InChI is InChI=1S/C16H16FIN2O3S/c1-11-3-6-13(9-15(11)18)19-16(21)10-20(2)24(22,23)14-7-4-12(17)5-8-14/h3-9H,10H2,1-2H3,(H,19,21). The van der Waals surface area contributed by atoms with Gasteiger partial charge in [0.1, 0.15) is 5.82 Å². The number of rotatable bonds is 5. The molecule has 2 rings (SSSR count). The van der Waals surface area contributed by atoms with Crippen LogP contribution in [0.1, 0.15) is 5.56 Å². The number of likely N-dealkylation sites (N-methyl/N-ethyl adjacent to an activating group) is 1. The lowest BCUT2D eigenvalue weighted by atomic mass is 10.2. The van der Waals surface area contributed by atoms with Gasteiger partial charge in [0.05, 0.1) is 11.4 Å². The molecule has 0 unspecified atom stereocenters. The van der Waals surface area contributed by atoms with E-state index in [9.17, 15) is 17.6 Å². The van der Waals surface area contributed by atoms with E-state index in [2.05, 4.69) is 27.9 Å². The van der Waals surface area contributed by atoms with Crippen LogP contribution < -0.4 is 5.32 Å². The number of benzene rings is 2. The average molecular weight is 462 g/mol. The molecule has 128 valence electrons. The van der Waals surface area contributed by atoms with Gasteiger partial charge in [0.25, 0.3) is 0 Å². The van der Waals surface area contributed by atoms with Crippen LogP contribution in [-0.2, 0) is 14.8 Å².